The van der Waals surface area contributed by atoms with Crippen LogP contribution in [-0.2, 0) is 4.74 Å². The van der Waals surface area contributed by atoms with E-state index in [0.717, 1.165) is 26.2 Å². The van der Waals surface area contributed by atoms with Crippen LogP contribution in [0.4, 0.5) is 0 Å². The van der Waals surface area contributed by atoms with Crippen LogP contribution in [0.5, 0.6) is 0 Å². The molecular weight excluding hydrogens is 198 g/mol. The molecule has 1 atom stereocenters. The number of hydrogen-bond acceptors (Lipinski definition) is 2. The Morgan fingerprint density at radius 1 is 1.44 bits per heavy atom. The highest BCUT2D eigenvalue weighted by molar-refractivity contribution is 5.07. The van der Waals surface area contributed by atoms with Crippen LogP contribution in [0.15, 0.2) is 11.6 Å². The van der Waals surface area contributed by atoms with Crippen molar-refractivity contribution < 1.29 is 4.74 Å². The summed E-state index contributed by atoms with van der Waals surface area (Å²) >= 11 is 0. The van der Waals surface area contributed by atoms with Crippen molar-refractivity contribution in [2.45, 2.75) is 52.5 Å². The molecule has 0 aromatic rings. The van der Waals surface area contributed by atoms with Crippen molar-refractivity contribution in [3.05, 3.63) is 11.6 Å². The highest BCUT2D eigenvalue weighted by Crippen LogP contribution is 2.17. The first-order valence-corrected chi connectivity index (χ1v) is 6.53. The highest BCUT2D eigenvalue weighted by atomic mass is 16.5. The normalized spacial score (nSPS) is 23.5. The Hall–Kier alpha value is -0.340. The summed E-state index contributed by atoms with van der Waals surface area (Å²) in [5.74, 6) is 0.644. The standard InChI is InChI=1S/C14H27NO/c1-5-12(10-15-14(2,3)4)9-13-7-6-8-16-11-13/h9,13,15H,5-8,10-11H2,1-4H3/b12-9+. The summed E-state index contributed by atoms with van der Waals surface area (Å²) in [5.41, 5.74) is 1.72. The number of rotatable bonds is 4. The minimum atomic E-state index is 0.206. The van der Waals surface area contributed by atoms with Gasteiger partial charge in [0.1, 0.15) is 0 Å². The molecule has 0 saturated carbocycles. The van der Waals surface area contributed by atoms with Gasteiger partial charge in [-0.25, -0.2) is 0 Å². The molecule has 0 radical (unpaired) electrons. The quantitative estimate of drug-likeness (QED) is 0.742. The average Bonchev–Trinajstić information content (AvgIpc) is 2.24. The molecule has 1 aliphatic heterocycles. The number of hydrogen-bond donors (Lipinski definition) is 1. The first-order valence-electron chi connectivity index (χ1n) is 6.53. The zero-order valence-corrected chi connectivity index (χ0v) is 11.3. The van der Waals surface area contributed by atoms with Crippen molar-refractivity contribution in [3.63, 3.8) is 0 Å². The molecule has 1 N–H and O–H groups in total. The summed E-state index contributed by atoms with van der Waals surface area (Å²) in [4.78, 5) is 0. The summed E-state index contributed by atoms with van der Waals surface area (Å²) in [5, 5.41) is 3.55. The fourth-order valence-corrected chi connectivity index (χ4v) is 1.91. The van der Waals surface area contributed by atoms with Crippen LogP contribution in [0.1, 0.15) is 47.0 Å². The van der Waals surface area contributed by atoms with Crippen molar-refractivity contribution in [3.8, 4) is 0 Å². The average molecular weight is 225 g/mol. The van der Waals surface area contributed by atoms with Crippen LogP contribution in [0.3, 0.4) is 0 Å². The van der Waals surface area contributed by atoms with E-state index in [1.807, 2.05) is 0 Å². The highest BCUT2D eigenvalue weighted by Gasteiger charge is 2.13. The van der Waals surface area contributed by atoms with Gasteiger partial charge in [-0.3, -0.25) is 0 Å². The van der Waals surface area contributed by atoms with Crippen molar-refractivity contribution in [1.82, 2.24) is 5.32 Å². The molecule has 0 aromatic carbocycles. The van der Waals surface area contributed by atoms with E-state index in [1.54, 1.807) is 0 Å². The van der Waals surface area contributed by atoms with Gasteiger partial charge in [0, 0.05) is 24.6 Å². The minimum absolute atomic E-state index is 0.206. The van der Waals surface area contributed by atoms with Crippen LogP contribution in [0, 0.1) is 5.92 Å². The number of nitrogens with one attached hydrogen (secondary N) is 1. The fourth-order valence-electron chi connectivity index (χ4n) is 1.91. The van der Waals surface area contributed by atoms with E-state index >= 15 is 0 Å². The SMILES string of the molecule is CC/C(=C\C1CCCOC1)CNC(C)(C)C. The summed E-state index contributed by atoms with van der Waals surface area (Å²) in [6.07, 6.45) is 6.07. The Morgan fingerprint density at radius 2 is 2.19 bits per heavy atom. The summed E-state index contributed by atoms with van der Waals surface area (Å²) in [7, 11) is 0. The lowest BCUT2D eigenvalue weighted by Crippen LogP contribution is -2.37. The molecule has 1 fully saturated rings. The van der Waals surface area contributed by atoms with Gasteiger partial charge in [-0.05, 0) is 40.0 Å². The molecule has 0 amide bonds. The molecule has 2 nitrogen and oxygen atoms in total. The topological polar surface area (TPSA) is 21.3 Å². The Labute approximate surface area is 100 Å². The molecule has 2 heteroatoms. The molecule has 0 aromatic heterocycles. The smallest absolute Gasteiger partial charge is 0.0528 e. The maximum absolute atomic E-state index is 5.51. The van der Waals surface area contributed by atoms with Gasteiger partial charge < -0.3 is 10.1 Å². The maximum atomic E-state index is 5.51. The lowest BCUT2D eigenvalue weighted by atomic mass is 9.97. The van der Waals surface area contributed by atoms with Gasteiger partial charge in [-0.15, -0.1) is 0 Å². The van der Waals surface area contributed by atoms with Crippen molar-refractivity contribution in [1.29, 1.82) is 0 Å². The Kier molecular flexibility index (Phi) is 5.50. The van der Waals surface area contributed by atoms with Crippen molar-refractivity contribution >= 4 is 0 Å². The lowest BCUT2D eigenvalue weighted by Gasteiger charge is -2.23. The molecule has 1 unspecified atom stereocenters. The molecule has 0 bridgehead atoms. The Bertz CT molecular complexity index is 221. The van der Waals surface area contributed by atoms with Crippen LogP contribution in [0.25, 0.3) is 0 Å². The molecule has 1 rings (SSSR count). The fraction of sp³-hybridized carbons (Fsp3) is 0.857. The Morgan fingerprint density at radius 3 is 2.69 bits per heavy atom. The molecule has 1 saturated heterocycles. The van der Waals surface area contributed by atoms with E-state index in [-0.39, 0.29) is 5.54 Å². The second-order valence-electron chi connectivity index (χ2n) is 5.76. The third-order valence-electron chi connectivity index (χ3n) is 2.97. The van der Waals surface area contributed by atoms with Gasteiger partial charge in [-0.2, -0.15) is 0 Å². The Balaban J connectivity index is 2.42. The summed E-state index contributed by atoms with van der Waals surface area (Å²) in [6.45, 7) is 11.7. The van der Waals surface area contributed by atoms with Gasteiger partial charge >= 0.3 is 0 Å². The van der Waals surface area contributed by atoms with Gasteiger partial charge in [0.05, 0.1) is 6.61 Å². The van der Waals surface area contributed by atoms with E-state index in [0.29, 0.717) is 5.92 Å². The predicted molar refractivity (Wildman–Crippen MR) is 69.7 cm³/mol. The van der Waals surface area contributed by atoms with E-state index in [4.69, 9.17) is 4.74 Å². The van der Waals surface area contributed by atoms with Gasteiger partial charge in [-0.1, -0.05) is 18.6 Å². The van der Waals surface area contributed by atoms with E-state index in [1.165, 1.54) is 18.4 Å². The molecule has 1 aliphatic rings. The van der Waals surface area contributed by atoms with Crippen LogP contribution in [0.2, 0.25) is 0 Å². The van der Waals surface area contributed by atoms with Crippen LogP contribution in [-0.4, -0.2) is 25.3 Å². The van der Waals surface area contributed by atoms with Crippen molar-refractivity contribution in [2.75, 3.05) is 19.8 Å². The summed E-state index contributed by atoms with van der Waals surface area (Å²) < 4.78 is 5.51. The number of ether oxygens (including phenoxy) is 1. The van der Waals surface area contributed by atoms with E-state index in [2.05, 4.69) is 39.1 Å². The zero-order chi connectivity index (χ0) is 12.0. The van der Waals surface area contributed by atoms with Gasteiger partial charge in [0.2, 0.25) is 0 Å². The monoisotopic (exact) mass is 225 g/mol. The molecule has 0 aliphatic carbocycles. The van der Waals surface area contributed by atoms with Crippen molar-refractivity contribution in [2.24, 2.45) is 5.92 Å². The minimum Gasteiger partial charge on any atom is -0.381 e. The first kappa shape index (κ1) is 13.7. The maximum Gasteiger partial charge on any atom is 0.0528 e. The predicted octanol–water partition coefficient (Wildman–Crippen LogP) is 3.14. The molecular formula is C14H27NO. The van der Waals surface area contributed by atoms with Gasteiger partial charge in [0.25, 0.3) is 0 Å². The lowest BCUT2D eigenvalue weighted by molar-refractivity contribution is 0.0707. The second kappa shape index (κ2) is 6.41. The molecule has 1 heterocycles. The molecule has 94 valence electrons. The van der Waals surface area contributed by atoms with Crippen LogP contribution >= 0.6 is 0 Å². The van der Waals surface area contributed by atoms with E-state index < -0.39 is 0 Å². The van der Waals surface area contributed by atoms with Crippen LogP contribution < -0.4 is 5.32 Å². The third kappa shape index (κ3) is 5.66. The first-order chi connectivity index (χ1) is 7.51. The summed E-state index contributed by atoms with van der Waals surface area (Å²) in [6, 6.07) is 0. The zero-order valence-electron chi connectivity index (χ0n) is 11.3. The largest absolute Gasteiger partial charge is 0.381 e. The second-order valence-corrected chi connectivity index (χ2v) is 5.76. The molecule has 0 spiro atoms. The van der Waals surface area contributed by atoms with Gasteiger partial charge in [0.15, 0.2) is 0 Å². The third-order valence-corrected chi connectivity index (χ3v) is 2.97. The van der Waals surface area contributed by atoms with E-state index in [9.17, 15) is 0 Å². The molecule has 16 heavy (non-hydrogen) atoms.